The summed E-state index contributed by atoms with van der Waals surface area (Å²) in [5.41, 5.74) is 6.02. The average molecular weight is 463 g/mol. The number of imide groups is 1. The summed E-state index contributed by atoms with van der Waals surface area (Å²) in [6.07, 6.45) is 0.446. The normalized spacial score (nSPS) is 12.1. The number of carbonyl (C=O) groups is 3. The minimum Gasteiger partial charge on any atom is -0.481 e. The summed E-state index contributed by atoms with van der Waals surface area (Å²) in [6.45, 7) is 3.17. The molecule has 0 saturated carbocycles. The number of nitrogens with zero attached hydrogens (tertiary/aromatic N) is 1. The molecule has 3 aromatic rings. The summed E-state index contributed by atoms with van der Waals surface area (Å²) in [4.78, 5) is 39.0. The van der Waals surface area contributed by atoms with E-state index in [-0.39, 0.29) is 29.7 Å². The first kappa shape index (κ1) is 24.8. The first-order chi connectivity index (χ1) is 16.1. The van der Waals surface area contributed by atoms with Gasteiger partial charge < -0.3 is 10.8 Å². The van der Waals surface area contributed by atoms with Crippen molar-refractivity contribution in [2.75, 3.05) is 4.90 Å². The molecule has 0 heterocycles. The summed E-state index contributed by atoms with van der Waals surface area (Å²) in [5, 5.41) is 9.36. The van der Waals surface area contributed by atoms with E-state index >= 15 is 4.39 Å². The van der Waals surface area contributed by atoms with Crippen LogP contribution in [0.4, 0.5) is 10.1 Å². The van der Waals surface area contributed by atoms with E-state index in [2.05, 4.69) is 0 Å². The van der Waals surface area contributed by atoms with Crippen LogP contribution in [-0.4, -0.2) is 28.9 Å². The Balaban J connectivity index is 2.00. The number of aliphatic carboxylic acids is 1. The van der Waals surface area contributed by atoms with Gasteiger partial charge in [-0.1, -0.05) is 42.5 Å². The molecule has 0 saturated heterocycles. The van der Waals surface area contributed by atoms with E-state index in [4.69, 9.17) is 5.73 Å². The summed E-state index contributed by atoms with van der Waals surface area (Å²) in [5.74, 6) is -3.03. The number of amides is 2. The molecule has 0 fully saturated rings. The fourth-order valence-corrected chi connectivity index (χ4v) is 3.70. The quantitative estimate of drug-likeness (QED) is 0.473. The highest BCUT2D eigenvalue weighted by molar-refractivity contribution is 6.25. The number of hydrogen-bond acceptors (Lipinski definition) is 4. The summed E-state index contributed by atoms with van der Waals surface area (Å²) in [6, 6.07) is 19.9. The molecule has 0 radical (unpaired) electrons. The van der Waals surface area contributed by atoms with Gasteiger partial charge in [-0.05, 0) is 68.7 Å². The second kappa shape index (κ2) is 10.4. The zero-order valence-electron chi connectivity index (χ0n) is 19.1. The second-order valence-corrected chi connectivity index (χ2v) is 8.82. The number of halogens is 1. The average Bonchev–Trinajstić information content (AvgIpc) is 2.81. The molecule has 7 heteroatoms. The molecule has 1 atom stereocenters. The maximum Gasteiger partial charge on any atom is 0.309 e. The first-order valence-corrected chi connectivity index (χ1v) is 10.9. The lowest BCUT2D eigenvalue weighted by atomic mass is 9.84. The smallest absolute Gasteiger partial charge is 0.309 e. The van der Waals surface area contributed by atoms with Gasteiger partial charge in [0.05, 0.1) is 11.1 Å². The van der Waals surface area contributed by atoms with E-state index in [0.29, 0.717) is 5.56 Å². The lowest BCUT2D eigenvalue weighted by Crippen LogP contribution is -2.38. The van der Waals surface area contributed by atoms with Gasteiger partial charge in [-0.3, -0.25) is 14.4 Å². The lowest BCUT2D eigenvalue weighted by Gasteiger charge is -2.25. The molecule has 3 rings (SSSR count). The van der Waals surface area contributed by atoms with Crippen molar-refractivity contribution in [3.8, 4) is 0 Å². The highest BCUT2D eigenvalue weighted by Crippen LogP contribution is 2.28. The fourth-order valence-electron chi connectivity index (χ4n) is 3.70. The maximum atomic E-state index is 15.0. The van der Waals surface area contributed by atoms with Crippen LogP contribution in [-0.2, 0) is 11.2 Å². The van der Waals surface area contributed by atoms with Gasteiger partial charge in [-0.25, -0.2) is 9.29 Å². The molecule has 3 N–H and O–H groups in total. The molecule has 34 heavy (non-hydrogen) atoms. The topological polar surface area (TPSA) is 101 Å². The SMILES string of the molecule is CC(C)(CC(N)Cc1ccc(F)c(N(C(=O)c2ccccc2)C(=O)c2ccccc2)c1)C(=O)O. The van der Waals surface area contributed by atoms with Gasteiger partial charge in [0.1, 0.15) is 5.82 Å². The number of anilines is 1. The van der Waals surface area contributed by atoms with Crippen molar-refractivity contribution in [3.05, 3.63) is 101 Å². The first-order valence-electron chi connectivity index (χ1n) is 10.9. The van der Waals surface area contributed by atoms with Gasteiger partial charge in [0.2, 0.25) is 0 Å². The molecule has 0 aromatic heterocycles. The van der Waals surface area contributed by atoms with Gasteiger partial charge in [-0.2, -0.15) is 0 Å². The van der Waals surface area contributed by atoms with E-state index in [1.807, 2.05) is 0 Å². The zero-order chi connectivity index (χ0) is 24.9. The van der Waals surface area contributed by atoms with Crippen LogP contribution < -0.4 is 10.6 Å². The van der Waals surface area contributed by atoms with Crippen molar-refractivity contribution < 1.29 is 23.9 Å². The van der Waals surface area contributed by atoms with Gasteiger partial charge in [0, 0.05) is 17.2 Å². The number of carboxylic acid groups (broad SMARTS) is 1. The molecule has 6 nitrogen and oxygen atoms in total. The second-order valence-electron chi connectivity index (χ2n) is 8.82. The number of carboxylic acids is 1. The van der Waals surface area contributed by atoms with Crippen LogP contribution in [0.25, 0.3) is 0 Å². The molecule has 1 unspecified atom stereocenters. The molecule has 3 aromatic carbocycles. The van der Waals surface area contributed by atoms with E-state index in [1.165, 1.54) is 18.2 Å². The third kappa shape index (κ3) is 5.74. The number of nitrogens with two attached hydrogens (primary N) is 1. The molecule has 176 valence electrons. The monoisotopic (exact) mass is 462 g/mol. The lowest BCUT2D eigenvalue weighted by molar-refractivity contribution is -0.147. The van der Waals surface area contributed by atoms with Crippen LogP contribution in [0, 0.1) is 11.2 Å². The van der Waals surface area contributed by atoms with Crippen LogP contribution in [0.1, 0.15) is 46.5 Å². The Labute approximate surface area is 197 Å². The summed E-state index contributed by atoms with van der Waals surface area (Å²) >= 11 is 0. The molecule has 0 aliphatic heterocycles. The Morgan fingerprint density at radius 2 is 1.41 bits per heavy atom. The predicted molar refractivity (Wildman–Crippen MR) is 128 cm³/mol. The maximum absolute atomic E-state index is 15.0. The van der Waals surface area contributed by atoms with Crippen molar-refractivity contribution >= 4 is 23.5 Å². The Morgan fingerprint density at radius 1 is 0.912 bits per heavy atom. The van der Waals surface area contributed by atoms with Gasteiger partial charge in [0.25, 0.3) is 11.8 Å². The minimum atomic E-state index is -1.03. The summed E-state index contributed by atoms with van der Waals surface area (Å²) < 4.78 is 15.0. The predicted octanol–water partition coefficient (Wildman–Crippen LogP) is 4.68. The Morgan fingerprint density at radius 3 is 1.88 bits per heavy atom. The molecule has 0 aliphatic rings. The van der Waals surface area contributed by atoms with E-state index in [0.717, 1.165) is 4.90 Å². The van der Waals surface area contributed by atoms with Crippen LogP contribution in [0.3, 0.4) is 0 Å². The van der Waals surface area contributed by atoms with Crippen LogP contribution in [0.2, 0.25) is 0 Å². The van der Waals surface area contributed by atoms with E-state index < -0.39 is 35.1 Å². The molecular formula is C27H27FN2O4. The van der Waals surface area contributed by atoms with Gasteiger partial charge >= 0.3 is 5.97 Å². The van der Waals surface area contributed by atoms with Crippen molar-refractivity contribution in [3.63, 3.8) is 0 Å². The van der Waals surface area contributed by atoms with Crippen LogP contribution in [0.15, 0.2) is 78.9 Å². The van der Waals surface area contributed by atoms with Gasteiger partial charge in [-0.15, -0.1) is 0 Å². The molecule has 2 amide bonds. The third-order valence-corrected chi connectivity index (χ3v) is 5.55. The Bertz CT molecular complexity index is 1130. The standard InChI is InChI=1S/C27H27FN2O4/c1-27(2,26(33)34)17-21(29)15-18-13-14-22(28)23(16-18)30(24(31)19-9-5-3-6-10-19)25(32)20-11-7-4-8-12-20/h3-14,16,21H,15,17,29H2,1-2H3,(H,33,34). The molecule has 0 bridgehead atoms. The van der Waals surface area contributed by atoms with Gasteiger partial charge in [0.15, 0.2) is 0 Å². The number of carbonyl (C=O) groups excluding carboxylic acids is 2. The molecule has 0 aliphatic carbocycles. The van der Waals surface area contributed by atoms with Crippen molar-refractivity contribution in [2.24, 2.45) is 11.1 Å². The fraction of sp³-hybridized carbons (Fsp3) is 0.222. The van der Waals surface area contributed by atoms with E-state index in [1.54, 1.807) is 74.5 Å². The Kier molecular flexibility index (Phi) is 7.58. The minimum absolute atomic E-state index is 0.190. The van der Waals surface area contributed by atoms with Crippen molar-refractivity contribution in [1.29, 1.82) is 0 Å². The van der Waals surface area contributed by atoms with E-state index in [9.17, 15) is 19.5 Å². The van der Waals surface area contributed by atoms with Crippen molar-refractivity contribution in [2.45, 2.75) is 32.7 Å². The van der Waals surface area contributed by atoms with Crippen LogP contribution in [0.5, 0.6) is 0 Å². The van der Waals surface area contributed by atoms with Crippen molar-refractivity contribution in [1.82, 2.24) is 0 Å². The molecular weight excluding hydrogens is 435 g/mol. The summed E-state index contributed by atoms with van der Waals surface area (Å²) in [7, 11) is 0. The Hall–Kier alpha value is -3.84. The molecule has 0 spiro atoms. The number of rotatable bonds is 8. The van der Waals surface area contributed by atoms with Crippen LogP contribution >= 0.6 is 0 Å². The highest BCUT2D eigenvalue weighted by atomic mass is 19.1. The third-order valence-electron chi connectivity index (χ3n) is 5.55. The zero-order valence-corrected chi connectivity index (χ0v) is 19.1. The highest BCUT2D eigenvalue weighted by Gasteiger charge is 2.31. The number of hydrogen-bond donors (Lipinski definition) is 2. The largest absolute Gasteiger partial charge is 0.481 e. The number of benzene rings is 3.